The lowest BCUT2D eigenvalue weighted by Gasteiger charge is -2.19. The van der Waals surface area contributed by atoms with Crippen LogP contribution in [0.25, 0.3) is 11.0 Å². The van der Waals surface area contributed by atoms with Gasteiger partial charge in [0, 0.05) is 35.4 Å². The molecule has 32 heavy (non-hydrogen) atoms. The molecule has 2 aromatic carbocycles. The van der Waals surface area contributed by atoms with Crippen LogP contribution >= 0.6 is 0 Å². The molecule has 6 heteroatoms. The number of carbonyl (C=O) groups excluding carboxylic acids is 2. The first kappa shape index (κ1) is 20.6. The van der Waals surface area contributed by atoms with Gasteiger partial charge in [0.2, 0.25) is 0 Å². The van der Waals surface area contributed by atoms with Gasteiger partial charge in [-0.25, -0.2) is 0 Å². The highest BCUT2D eigenvalue weighted by Gasteiger charge is 2.18. The van der Waals surface area contributed by atoms with Crippen molar-refractivity contribution in [1.82, 2.24) is 0 Å². The summed E-state index contributed by atoms with van der Waals surface area (Å²) >= 11 is 0. The zero-order valence-corrected chi connectivity index (χ0v) is 18.4. The van der Waals surface area contributed by atoms with Gasteiger partial charge in [-0.15, -0.1) is 0 Å². The van der Waals surface area contributed by atoms with E-state index in [1.165, 1.54) is 29.7 Å². The summed E-state index contributed by atoms with van der Waals surface area (Å²) in [5, 5.41) is 3.81. The Morgan fingerprint density at radius 1 is 1.06 bits per heavy atom. The molecule has 6 nitrogen and oxygen atoms in total. The van der Waals surface area contributed by atoms with Gasteiger partial charge in [0.1, 0.15) is 5.58 Å². The zero-order chi connectivity index (χ0) is 22.1. The van der Waals surface area contributed by atoms with Crippen LogP contribution < -0.4 is 10.2 Å². The average Bonchev–Trinajstić information content (AvgIpc) is 3.54. The minimum Gasteiger partial charge on any atom is -0.464 e. The second-order valence-corrected chi connectivity index (χ2v) is 8.81. The van der Waals surface area contributed by atoms with Crippen molar-refractivity contribution in [3.63, 3.8) is 0 Å². The minimum atomic E-state index is -0.440. The first-order valence-corrected chi connectivity index (χ1v) is 11.4. The van der Waals surface area contributed by atoms with Crippen LogP contribution in [0.1, 0.15) is 41.5 Å². The molecule has 166 valence electrons. The Morgan fingerprint density at radius 3 is 2.62 bits per heavy atom. The highest BCUT2D eigenvalue weighted by molar-refractivity contribution is 5.94. The SMILES string of the molecule is Cc1cc(N2CCCC2)ccc1NC(=O)COC(=O)Cc1coc2cc3c(cc12)CCC3. The number of carbonyl (C=O) groups is 2. The van der Waals surface area contributed by atoms with Gasteiger partial charge in [-0.3, -0.25) is 9.59 Å². The van der Waals surface area contributed by atoms with Crippen molar-refractivity contribution in [2.24, 2.45) is 0 Å². The van der Waals surface area contributed by atoms with E-state index < -0.39 is 5.97 Å². The molecule has 0 spiro atoms. The fraction of sp³-hybridized carbons (Fsp3) is 0.385. The number of esters is 1. The third kappa shape index (κ3) is 4.22. The van der Waals surface area contributed by atoms with Crippen LogP contribution in [-0.4, -0.2) is 31.6 Å². The van der Waals surface area contributed by atoms with Crippen LogP contribution in [-0.2, 0) is 33.6 Å². The molecule has 3 aromatic rings. The molecule has 1 N–H and O–H groups in total. The number of amides is 1. The molecule has 2 aliphatic rings. The number of anilines is 2. The summed E-state index contributed by atoms with van der Waals surface area (Å²) in [7, 11) is 0. The maximum Gasteiger partial charge on any atom is 0.310 e. The van der Waals surface area contributed by atoms with Crippen molar-refractivity contribution in [2.75, 3.05) is 29.9 Å². The molecule has 0 saturated carbocycles. The Morgan fingerprint density at radius 2 is 1.84 bits per heavy atom. The molecular formula is C26H28N2O4. The quantitative estimate of drug-likeness (QED) is 0.579. The van der Waals surface area contributed by atoms with Crippen LogP contribution in [0.4, 0.5) is 11.4 Å². The van der Waals surface area contributed by atoms with Gasteiger partial charge in [-0.2, -0.15) is 0 Å². The van der Waals surface area contributed by atoms with Crippen LogP contribution in [0.3, 0.4) is 0 Å². The van der Waals surface area contributed by atoms with E-state index in [0.29, 0.717) is 0 Å². The third-order valence-corrected chi connectivity index (χ3v) is 6.52. The predicted molar refractivity (Wildman–Crippen MR) is 124 cm³/mol. The van der Waals surface area contributed by atoms with Crippen LogP contribution in [0.2, 0.25) is 0 Å². The fourth-order valence-corrected chi connectivity index (χ4v) is 4.78. The van der Waals surface area contributed by atoms with Gasteiger partial charge in [0.15, 0.2) is 6.61 Å². The highest BCUT2D eigenvalue weighted by atomic mass is 16.5. The number of aryl methyl sites for hydroxylation is 3. The molecule has 0 atom stereocenters. The number of hydrogen-bond donors (Lipinski definition) is 1. The molecule has 0 bridgehead atoms. The molecule has 5 rings (SSSR count). The van der Waals surface area contributed by atoms with Gasteiger partial charge < -0.3 is 19.4 Å². The molecule has 2 heterocycles. The number of rotatable bonds is 6. The molecule has 1 amide bonds. The van der Waals surface area contributed by atoms with Gasteiger partial charge in [-0.1, -0.05) is 0 Å². The van der Waals surface area contributed by atoms with Crippen molar-refractivity contribution in [1.29, 1.82) is 0 Å². The summed E-state index contributed by atoms with van der Waals surface area (Å²) in [6.07, 6.45) is 7.46. The summed E-state index contributed by atoms with van der Waals surface area (Å²) in [4.78, 5) is 27.0. The molecule has 1 saturated heterocycles. The Hall–Kier alpha value is -3.28. The minimum absolute atomic E-state index is 0.0859. The summed E-state index contributed by atoms with van der Waals surface area (Å²) in [5.41, 5.74) is 7.19. The first-order valence-electron chi connectivity index (χ1n) is 11.4. The largest absolute Gasteiger partial charge is 0.464 e. The standard InChI is InChI=1S/C26H28N2O4/c1-17-11-21(28-9-2-3-10-28)7-8-23(17)27-25(29)16-32-26(30)14-20-15-31-24-13-19-6-4-5-18(19)12-22(20)24/h7-8,11-13,15H,2-6,9-10,14,16H2,1H3,(H,27,29). The summed E-state index contributed by atoms with van der Waals surface area (Å²) in [6, 6.07) is 10.2. The van der Waals surface area contributed by atoms with E-state index >= 15 is 0 Å². The van der Waals surface area contributed by atoms with Crippen molar-refractivity contribution in [2.45, 2.75) is 45.4 Å². The van der Waals surface area contributed by atoms with Crippen molar-refractivity contribution < 1.29 is 18.7 Å². The average molecular weight is 433 g/mol. The van der Waals surface area contributed by atoms with Crippen molar-refractivity contribution in [3.8, 4) is 0 Å². The Kier molecular flexibility index (Phi) is 5.60. The molecule has 1 aromatic heterocycles. The van der Waals surface area contributed by atoms with Crippen LogP contribution in [0.15, 0.2) is 41.0 Å². The smallest absolute Gasteiger partial charge is 0.310 e. The van der Waals surface area contributed by atoms with E-state index in [1.54, 1.807) is 6.26 Å². The Balaban J connectivity index is 1.16. The van der Waals surface area contributed by atoms with E-state index in [1.807, 2.05) is 19.1 Å². The second-order valence-electron chi connectivity index (χ2n) is 8.81. The summed E-state index contributed by atoms with van der Waals surface area (Å²) < 4.78 is 10.9. The number of nitrogens with zero attached hydrogens (tertiary/aromatic N) is 1. The zero-order valence-electron chi connectivity index (χ0n) is 18.4. The number of fused-ring (bicyclic) bond motifs is 2. The second kappa shape index (κ2) is 8.69. The van der Waals surface area contributed by atoms with Gasteiger partial charge >= 0.3 is 5.97 Å². The van der Waals surface area contributed by atoms with Crippen LogP contribution in [0.5, 0.6) is 0 Å². The normalized spacial score (nSPS) is 15.2. The number of benzene rings is 2. The number of furan rings is 1. The molecular weight excluding hydrogens is 404 g/mol. The van der Waals surface area contributed by atoms with E-state index in [4.69, 9.17) is 9.15 Å². The maximum atomic E-state index is 12.4. The highest BCUT2D eigenvalue weighted by Crippen LogP contribution is 2.30. The van der Waals surface area contributed by atoms with E-state index in [2.05, 4.69) is 28.4 Å². The van der Waals surface area contributed by atoms with Gasteiger partial charge in [0.05, 0.1) is 12.7 Å². The molecule has 1 aliphatic heterocycles. The van der Waals surface area contributed by atoms with Gasteiger partial charge in [-0.05, 0) is 86.1 Å². The molecule has 1 fully saturated rings. The summed E-state index contributed by atoms with van der Waals surface area (Å²) in [5.74, 6) is -0.783. The lowest BCUT2D eigenvalue weighted by atomic mass is 10.0. The Bertz CT molecular complexity index is 1170. The molecule has 1 aliphatic carbocycles. The van der Waals surface area contributed by atoms with Crippen LogP contribution in [0, 0.1) is 6.92 Å². The van der Waals surface area contributed by atoms with Gasteiger partial charge in [0.25, 0.3) is 5.91 Å². The van der Waals surface area contributed by atoms with E-state index in [0.717, 1.165) is 60.1 Å². The third-order valence-electron chi connectivity index (χ3n) is 6.52. The lowest BCUT2D eigenvalue weighted by Crippen LogP contribution is -2.22. The molecule has 0 unspecified atom stereocenters. The topological polar surface area (TPSA) is 71.8 Å². The van der Waals surface area contributed by atoms with Crippen molar-refractivity contribution in [3.05, 3.63) is 58.8 Å². The monoisotopic (exact) mass is 432 g/mol. The summed E-state index contributed by atoms with van der Waals surface area (Å²) in [6.45, 7) is 3.82. The lowest BCUT2D eigenvalue weighted by molar-refractivity contribution is -0.146. The predicted octanol–water partition coefficient (Wildman–Crippen LogP) is 4.55. The Labute approximate surface area is 187 Å². The van der Waals surface area contributed by atoms with Crippen molar-refractivity contribution >= 4 is 34.2 Å². The first-order chi connectivity index (χ1) is 15.6. The van der Waals surface area contributed by atoms with E-state index in [-0.39, 0.29) is 18.9 Å². The number of ether oxygens (including phenoxy) is 1. The van der Waals surface area contributed by atoms with E-state index in [9.17, 15) is 9.59 Å². The fourth-order valence-electron chi connectivity index (χ4n) is 4.78. The number of hydrogen-bond acceptors (Lipinski definition) is 5. The number of nitrogens with one attached hydrogen (secondary N) is 1. The maximum absolute atomic E-state index is 12.4. The molecule has 0 radical (unpaired) electrons.